The molecule has 36 heavy (non-hydrogen) atoms. The van der Waals surface area contributed by atoms with Gasteiger partial charge in [-0.3, -0.25) is 0 Å². The van der Waals surface area contributed by atoms with Crippen LogP contribution in [0.3, 0.4) is 0 Å². The van der Waals surface area contributed by atoms with Crippen molar-refractivity contribution in [2.75, 3.05) is 0 Å². The zero-order valence-electron chi connectivity index (χ0n) is 22.9. The van der Waals surface area contributed by atoms with Crippen LogP contribution in [0.15, 0.2) is 79.1 Å². The van der Waals surface area contributed by atoms with Gasteiger partial charge in [-0.2, -0.15) is 4.57 Å². The Hall–Kier alpha value is -3.13. The second-order valence-electron chi connectivity index (χ2n) is 11.1. The van der Waals surface area contributed by atoms with E-state index in [2.05, 4.69) is 130 Å². The molecule has 0 fully saturated rings. The van der Waals surface area contributed by atoms with Crippen molar-refractivity contribution >= 4 is 0 Å². The first kappa shape index (κ1) is 24.6. The first-order valence-electron chi connectivity index (χ1n) is 13.9. The molecular formula is C34H41N2+. The van der Waals surface area contributed by atoms with Crippen LogP contribution in [0.1, 0.15) is 89.3 Å². The molecule has 2 nitrogen and oxygen atoms in total. The zero-order valence-corrected chi connectivity index (χ0v) is 22.9. The smallest absolute Gasteiger partial charge is 0.224 e. The molecule has 0 spiro atoms. The van der Waals surface area contributed by atoms with Crippen molar-refractivity contribution < 1.29 is 4.57 Å². The van der Waals surface area contributed by atoms with Crippen LogP contribution >= 0.6 is 0 Å². The highest BCUT2D eigenvalue weighted by atomic mass is 15.2. The molecule has 0 radical (unpaired) electrons. The molecule has 1 aromatic heterocycles. The predicted octanol–water partition coefficient (Wildman–Crippen LogP) is 8.81. The van der Waals surface area contributed by atoms with Crippen molar-refractivity contribution in [3.8, 4) is 28.2 Å². The zero-order chi connectivity index (χ0) is 25.4. The Labute approximate surface area is 217 Å². The van der Waals surface area contributed by atoms with Crippen molar-refractivity contribution in [1.29, 1.82) is 0 Å². The Kier molecular flexibility index (Phi) is 6.64. The topological polar surface area (TPSA) is 8.81 Å². The monoisotopic (exact) mass is 477 g/mol. The average molecular weight is 478 g/mol. The van der Waals surface area contributed by atoms with E-state index in [9.17, 15) is 0 Å². The summed E-state index contributed by atoms with van der Waals surface area (Å²) >= 11 is 0. The summed E-state index contributed by atoms with van der Waals surface area (Å²) in [6.45, 7) is 14.1. The molecule has 0 bridgehead atoms. The van der Waals surface area contributed by atoms with Gasteiger partial charge in [0.05, 0.1) is 5.56 Å². The molecule has 0 unspecified atom stereocenters. The van der Waals surface area contributed by atoms with E-state index in [1.165, 1.54) is 51.3 Å². The van der Waals surface area contributed by atoms with Crippen LogP contribution in [0.2, 0.25) is 0 Å². The van der Waals surface area contributed by atoms with Crippen LogP contribution in [0.5, 0.6) is 0 Å². The van der Waals surface area contributed by atoms with Gasteiger partial charge in [0.1, 0.15) is 23.6 Å². The number of hydrogen-bond acceptors (Lipinski definition) is 0. The molecule has 1 aliphatic rings. The number of hydrogen-bond donors (Lipinski definition) is 0. The van der Waals surface area contributed by atoms with E-state index >= 15 is 0 Å². The lowest BCUT2D eigenvalue weighted by molar-refractivity contribution is -0.756. The minimum Gasteiger partial charge on any atom is -0.224 e. The van der Waals surface area contributed by atoms with E-state index in [-0.39, 0.29) is 5.54 Å². The van der Waals surface area contributed by atoms with Crippen LogP contribution < -0.4 is 4.57 Å². The quantitative estimate of drug-likeness (QED) is 0.245. The first-order chi connectivity index (χ1) is 17.4. The van der Waals surface area contributed by atoms with E-state index < -0.39 is 0 Å². The van der Waals surface area contributed by atoms with Crippen molar-refractivity contribution in [3.63, 3.8) is 0 Å². The summed E-state index contributed by atoms with van der Waals surface area (Å²) in [4.78, 5) is 0. The molecule has 1 aliphatic heterocycles. The normalized spacial score (nSPS) is 14.6. The maximum Gasteiger partial charge on any atom is 0.294 e. The van der Waals surface area contributed by atoms with E-state index in [4.69, 9.17) is 0 Å². The lowest BCUT2D eigenvalue weighted by atomic mass is 9.86. The Morgan fingerprint density at radius 3 is 2.03 bits per heavy atom. The largest absolute Gasteiger partial charge is 0.294 e. The van der Waals surface area contributed by atoms with Gasteiger partial charge >= 0.3 is 0 Å². The van der Waals surface area contributed by atoms with Crippen LogP contribution in [0.4, 0.5) is 0 Å². The Bertz CT molecular complexity index is 1320. The minimum atomic E-state index is 0.138. The third kappa shape index (κ3) is 4.01. The number of imidazole rings is 1. The fourth-order valence-electron chi connectivity index (χ4n) is 6.24. The SMILES string of the molecule is CCC1(CC)CCc2ccccc2-c2n(-c3c(C(C)C)cc(-c4ccccc4)cc3C(C)C)cc[n+]21. The second kappa shape index (κ2) is 9.73. The first-order valence-corrected chi connectivity index (χ1v) is 13.9. The summed E-state index contributed by atoms with van der Waals surface area (Å²) in [5.74, 6) is 2.16. The molecule has 0 saturated carbocycles. The summed E-state index contributed by atoms with van der Waals surface area (Å²) in [5.41, 5.74) is 9.78. The second-order valence-corrected chi connectivity index (χ2v) is 11.1. The molecule has 0 aliphatic carbocycles. The Morgan fingerprint density at radius 2 is 1.42 bits per heavy atom. The van der Waals surface area contributed by atoms with Crippen LogP contribution in [-0.4, -0.2) is 4.57 Å². The van der Waals surface area contributed by atoms with Crippen LogP contribution in [0.25, 0.3) is 28.2 Å². The Balaban J connectivity index is 1.85. The number of benzene rings is 3. The predicted molar refractivity (Wildman–Crippen MR) is 152 cm³/mol. The summed E-state index contributed by atoms with van der Waals surface area (Å²) in [6.07, 6.45) is 9.29. The maximum atomic E-state index is 2.62. The number of fused-ring (bicyclic) bond motifs is 3. The molecular weight excluding hydrogens is 436 g/mol. The fraction of sp³-hybridized carbons (Fsp3) is 0.382. The van der Waals surface area contributed by atoms with Gasteiger partial charge < -0.3 is 0 Å². The average Bonchev–Trinajstić information content (AvgIpc) is 3.28. The highest BCUT2D eigenvalue weighted by molar-refractivity contribution is 5.71. The van der Waals surface area contributed by atoms with Crippen molar-refractivity contribution in [2.24, 2.45) is 0 Å². The number of aryl methyl sites for hydroxylation is 1. The molecule has 5 rings (SSSR count). The van der Waals surface area contributed by atoms with Gasteiger partial charge in [-0.15, -0.1) is 0 Å². The molecule has 186 valence electrons. The third-order valence-electron chi connectivity index (χ3n) is 8.53. The highest BCUT2D eigenvalue weighted by Gasteiger charge is 2.41. The van der Waals surface area contributed by atoms with E-state index in [0.717, 1.165) is 19.3 Å². The van der Waals surface area contributed by atoms with Gasteiger partial charge in [0.25, 0.3) is 5.82 Å². The van der Waals surface area contributed by atoms with Gasteiger partial charge in [-0.1, -0.05) is 90.1 Å². The molecule has 3 aromatic carbocycles. The van der Waals surface area contributed by atoms with Crippen molar-refractivity contribution in [2.45, 2.75) is 84.6 Å². The lowest BCUT2D eigenvalue weighted by Crippen LogP contribution is -2.55. The van der Waals surface area contributed by atoms with E-state index in [1.807, 2.05) is 0 Å². The van der Waals surface area contributed by atoms with E-state index in [1.54, 1.807) is 0 Å². The molecule has 2 heterocycles. The maximum absolute atomic E-state index is 2.62. The standard InChI is InChI=1S/C34H41N2/c1-7-34(8-2)19-18-27-16-12-13-17-29(27)33-35(20-21-36(33)34)32-30(24(3)4)22-28(23-31(32)25(5)6)26-14-10-9-11-15-26/h9-17,20-25H,7-8,18-19H2,1-6H3/q+1. The van der Waals surface area contributed by atoms with Crippen LogP contribution in [-0.2, 0) is 12.0 Å². The molecule has 4 aromatic rings. The molecule has 0 amide bonds. The summed E-state index contributed by atoms with van der Waals surface area (Å²) in [6, 6.07) is 24.8. The third-order valence-corrected chi connectivity index (χ3v) is 8.53. The molecule has 0 N–H and O–H groups in total. The van der Waals surface area contributed by atoms with Crippen LogP contribution in [0, 0.1) is 0 Å². The van der Waals surface area contributed by atoms with Gasteiger partial charge in [-0.05, 0) is 72.4 Å². The summed E-state index contributed by atoms with van der Waals surface area (Å²) in [7, 11) is 0. The molecule has 0 saturated heterocycles. The fourth-order valence-corrected chi connectivity index (χ4v) is 6.24. The molecule has 2 heteroatoms. The molecule has 0 atom stereocenters. The highest BCUT2D eigenvalue weighted by Crippen LogP contribution is 2.40. The van der Waals surface area contributed by atoms with Crippen molar-refractivity contribution in [1.82, 2.24) is 4.57 Å². The van der Waals surface area contributed by atoms with Crippen molar-refractivity contribution in [3.05, 3.63) is 95.8 Å². The number of aromatic nitrogens is 2. The Morgan fingerprint density at radius 1 is 0.806 bits per heavy atom. The van der Waals surface area contributed by atoms with Gasteiger partial charge in [-0.25, -0.2) is 4.57 Å². The lowest BCUT2D eigenvalue weighted by Gasteiger charge is -2.28. The number of rotatable bonds is 6. The van der Waals surface area contributed by atoms with Gasteiger partial charge in [0, 0.05) is 11.1 Å². The number of nitrogens with zero attached hydrogens (tertiary/aromatic N) is 2. The van der Waals surface area contributed by atoms with E-state index in [0.29, 0.717) is 11.8 Å². The van der Waals surface area contributed by atoms with Gasteiger partial charge in [0.2, 0.25) is 0 Å². The minimum absolute atomic E-state index is 0.138. The summed E-state index contributed by atoms with van der Waals surface area (Å²) in [5, 5.41) is 0. The summed E-state index contributed by atoms with van der Waals surface area (Å²) < 4.78 is 5.15. The van der Waals surface area contributed by atoms with Gasteiger partial charge in [0.15, 0.2) is 0 Å².